The van der Waals surface area contributed by atoms with E-state index in [-0.39, 0.29) is 23.6 Å². The van der Waals surface area contributed by atoms with Crippen molar-refractivity contribution in [2.24, 2.45) is 11.8 Å². The van der Waals surface area contributed by atoms with Gasteiger partial charge in [0.05, 0.1) is 11.1 Å². The zero-order chi connectivity index (χ0) is 21.3. The van der Waals surface area contributed by atoms with Crippen molar-refractivity contribution in [3.8, 4) is 0 Å². The number of carbonyl (C=O) groups excluding carboxylic acids is 1. The second-order valence-electron chi connectivity index (χ2n) is 8.17. The van der Waals surface area contributed by atoms with Crippen molar-refractivity contribution in [3.05, 3.63) is 71.1 Å². The Balaban J connectivity index is 1.46. The van der Waals surface area contributed by atoms with Crippen molar-refractivity contribution in [1.29, 1.82) is 0 Å². The number of aromatic nitrogens is 1. The number of aliphatic hydroxyl groups is 1. The average molecular weight is 427 g/mol. The molecule has 1 amide bonds. The van der Waals surface area contributed by atoms with Crippen LogP contribution in [0.2, 0.25) is 5.02 Å². The topological polar surface area (TPSA) is 62.2 Å². The maximum absolute atomic E-state index is 13.8. The predicted molar refractivity (Wildman–Crippen MR) is 117 cm³/mol. The van der Waals surface area contributed by atoms with Gasteiger partial charge in [-0.05, 0) is 85.7 Å². The van der Waals surface area contributed by atoms with Crippen LogP contribution >= 0.6 is 11.6 Å². The molecule has 2 N–H and O–H groups in total. The van der Waals surface area contributed by atoms with Crippen molar-refractivity contribution in [1.82, 2.24) is 4.98 Å². The van der Waals surface area contributed by atoms with E-state index in [1.165, 1.54) is 12.1 Å². The minimum absolute atomic E-state index is 0.0378. The first-order valence-electron chi connectivity index (χ1n) is 10.2. The van der Waals surface area contributed by atoms with Crippen LogP contribution in [0.4, 0.5) is 10.1 Å². The number of benzene rings is 2. The normalized spacial score (nSPS) is 22.6. The highest BCUT2D eigenvalue weighted by molar-refractivity contribution is 6.30. The highest BCUT2D eigenvalue weighted by Gasteiger charge is 2.38. The van der Waals surface area contributed by atoms with Crippen LogP contribution in [0.1, 0.15) is 38.2 Å². The fourth-order valence-corrected chi connectivity index (χ4v) is 4.54. The number of rotatable bonds is 4. The monoisotopic (exact) mass is 426 g/mol. The van der Waals surface area contributed by atoms with Gasteiger partial charge in [0.25, 0.3) is 0 Å². The quantitative estimate of drug-likeness (QED) is 0.564. The van der Waals surface area contributed by atoms with Gasteiger partial charge >= 0.3 is 0 Å². The van der Waals surface area contributed by atoms with E-state index in [2.05, 4.69) is 10.3 Å². The molecule has 30 heavy (non-hydrogen) atoms. The van der Waals surface area contributed by atoms with Crippen LogP contribution in [0.5, 0.6) is 0 Å². The Hall–Kier alpha value is -2.50. The van der Waals surface area contributed by atoms with Gasteiger partial charge in [-0.15, -0.1) is 0 Å². The molecule has 0 bridgehead atoms. The molecule has 2 aromatic carbocycles. The molecule has 0 spiro atoms. The molecule has 0 aliphatic heterocycles. The molecular formula is C24H24ClFN2O2. The summed E-state index contributed by atoms with van der Waals surface area (Å²) in [5.41, 5.74) is 1.05. The Morgan fingerprint density at radius 3 is 2.60 bits per heavy atom. The van der Waals surface area contributed by atoms with E-state index in [0.29, 0.717) is 52.9 Å². The van der Waals surface area contributed by atoms with E-state index in [1.54, 1.807) is 42.6 Å². The van der Waals surface area contributed by atoms with Crippen LogP contribution in [0.3, 0.4) is 0 Å². The number of nitrogens with one attached hydrogen (secondary N) is 1. The fourth-order valence-electron chi connectivity index (χ4n) is 4.41. The zero-order valence-electron chi connectivity index (χ0n) is 16.7. The van der Waals surface area contributed by atoms with Crippen LogP contribution in [0.15, 0.2) is 54.7 Å². The highest BCUT2D eigenvalue weighted by Crippen LogP contribution is 2.44. The Morgan fingerprint density at radius 2 is 1.90 bits per heavy atom. The summed E-state index contributed by atoms with van der Waals surface area (Å²) < 4.78 is 13.8. The maximum atomic E-state index is 13.8. The molecule has 1 saturated carbocycles. The zero-order valence-corrected chi connectivity index (χ0v) is 17.5. The van der Waals surface area contributed by atoms with Gasteiger partial charge in [0.1, 0.15) is 5.82 Å². The minimum atomic E-state index is -1.04. The molecule has 1 heterocycles. The lowest BCUT2D eigenvalue weighted by Gasteiger charge is -2.38. The molecule has 1 aromatic heterocycles. The van der Waals surface area contributed by atoms with Gasteiger partial charge in [0, 0.05) is 28.2 Å². The molecule has 0 radical (unpaired) electrons. The lowest BCUT2D eigenvalue weighted by atomic mass is 9.71. The third-order valence-corrected chi connectivity index (χ3v) is 6.55. The van der Waals surface area contributed by atoms with Crippen LogP contribution in [-0.2, 0) is 10.4 Å². The molecule has 1 aliphatic carbocycles. The van der Waals surface area contributed by atoms with E-state index in [9.17, 15) is 14.3 Å². The van der Waals surface area contributed by atoms with Crippen LogP contribution < -0.4 is 5.32 Å². The molecule has 1 atom stereocenters. The number of anilines is 1. The summed E-state index contributed by atoms with van der Waals surface area (Å²) in [7, 11) is 0. The summed E-state index contributed by atoms with van der Waals surface area (Å²) in [6.45, 7) is 1.93. The molecule has 1 fully saturated rings. The van der Waals surface area contributed by atoms with Crippen LogP contribution in [0.25, 0.3) is 10.9 Å². The Labute approximate surface area is 180 Å². The molecule has 4 nitrogen and oxygen atoms in total. The molecule has 1 aliphatic rings. The second-order valence-corrected chi connectivity index (χ2v) is 8.61. The lowest BCUT2D eigenvalue weighted by molar-refractivity contribution is -0.122. The summed E-state index contributed by atoms with van der Waals surface area (Å²) in [4.78, 5) is 17.0. The summed E-state index contributed by atoms with van der Waals surface area (Å²) in [5, 5.41) is 15.6. The number of carbonyl (C=O) groups is 1. The number of nitrogens with zero attached hydrogens (tertiary/aromatic N) is 1. The van der Waals surface area contributed by atoms with Crippen molar-refractivity contribution < 1.29 is 14.3 Å². The van der Waals surface area contributed by atoms with Gasteiger partial charge in [0.15, 0.2) is 0 Å². The largest absolute Gasteiger partial charge is 0.385 e. The smallest absolute Gasteiger partial charge is 0.227 e. The molecule has 3 aromatic rings. The minimum Gasteiger partial charge on any atom is -0.385 e. The number of hydrogen-bond donors (Lipinski definition) is 2. The summed E-state index contributed by atoms with van der Waals surface area (Å²) >= 11 is 5.89. The van der Waals surface area contributed by atoms with E-state index < -0.39 is 5.60 Å². The first-order chi connectivity index (χ1) is 14.4. The number of halogens is 2. The van der Waals surface area contributed by atoms with E-state index in [4.69, 9.17) is 11.6 Å². The maximum Gasteiger partial charge on any atom is 0.227 e. The van der Waals surface area contributed by atoms with Crippen molar-refractivity contribution in [2.75, 3.05) is 5.32 Å². The number of hydrogen-bond acceptors (Lipinski definition) is 3. The third-order valence-electron chi connectivity index (χ3n) is 6.29. The second kappa shape index (κ2) is 8.32. The molecule has 0 saturated heterocycles. The SMILES string of the molecule is C[C@@H](C(=O)Nc1ccc(Cl)cc1)C1CCC(O)(c2ccnc3ccc(F)cc23)CC1. The Morgan fingerprint density at radius 1 is 1.20 bits per heavy atom. The molecule has 6 heteroatoms. The van der Waals surface area contributed by atoms with Gasteiger partial charge in [-0.2, -0.15) is 0 Å². The van der Waals surface area contributed by atoms with Gasteiger partial charge in [-0.3, -0.25) is 9.78 Å². The third kappa shape index (κ3) is 4.18. The molecule has 156 valence electrons. The van der Waals surface area contributed by atoms with E-state index >= 15 is 0 Å². The summed E-state index contributed by atoms with van der Waals surface area (Å²) in [6.07, 6.45) is 4.12. The first kappa shape index (κ1) is 20.8. The first-order valence-corrected chi connectivity index (χ1v) is 10.6. The number of fused-ring (bicyclic) bond motifs is 1. The standard InChI is InChI=1S/C24H24ClFN2O2/c1-15(23(29)28-19-5-2-17(25)3-6-19)16-8-11-24(30,12-9-16)21-10-13-27-22-7-4-18(26)14-20(21)22/h2-7,10,13-16,30H,8-9,11-12H2,1H3,(H,28,29)/t15-,16?,24?/m1/s1. The average Bonchev–Trinajstić information content (AvgIpc) is 2.75. The van der Waals surface area contributed by atoms with Crippen molar-refractivity contribution in [2.45, 2.75) is 38.2 Å². The lowest BCUT2D eigenvalue weighted by Crippen LogP contribution is -2.36. The van der Waals surface area contributed by atoms with Gasteiger partial charge < -0.3 is 10.4 Å². The van der Waals surface area contributed by atoms with Crippen molar-refractivity contribution in [3.63, 3.8) is 0 Å². The molecular weight excluding hydrogens is 403 g/mol. The molecule has 0 unspecified atom stereocenters. The Kier molecular flexibility index (Phi) is 5.76. The predicted octanol–water partition coefficient (Wildman–Crippen LogP) is 5.68. The number of amides is 1. The molecule has 4 rings (SSSR count). The van der Waals surface area contributed by atoms with Crippen LogP contribution in [-0.4, -0.2) is 16.0 Å². The van der Waals surface area contributed by atoms with Gasteiger partial charge in [0.2, 0.25) is 5.91 Å². The highest BCUT2D eigenvalue weighted by atomic mass is 35.5. The van der Waals surface area contributed by atoms with Gasteiger partial charge in [-0.25, -0.2) is 4.39 Å². The number of pyridine rings is 1. The Bertz CT molecular complexity index is 1060. The summed E-state index contributed by atoms with van der Waals surface area (Å²) in [5.74, 6) is -0.398. The fraction of sp³-hybridized carbons (Fsp3) is 0.333. The van der Waals surface area contributed by atoms with Gasteiger partial charge in [-0.1, -0.05) is 18.5 Å². The van der Waals surface area contributed by atoms with E-state index in [1.807, 2.05) is 6.92 Å². The van der Waals surface area contributed by atoms with Crippen LogP contribution in [0, 0.1) is 17.7 Å². The summed E-state index contributed by atoms with van der Waals surface area (Å²) in [6, 6.07) is 13.3. The van der Waals surface area contributed by atoms with E-state index in [0.717, 1.165) is 0 Å². The van der Waals surface area contributed by atoms with Crippen molar-refractivity contribution >= 4 is 34.1 Å².